The summed E-state index contributed by atoms with van der Waals surface area (Å²) in [5.74, 6) is 1.12. The minimum Gasteiger partial charge on any atom is -0.493 e. The highest BCUT2D eigenvalue weighted by Gasteiger charge is 2.13. The van der Waals surface area contributed by atoms with Crippen LogP contribution < -0.4 is 19.9 Å². The number of nitrogens with one attached hydrogen (secondary N) is 1. The zero-order chi connectivity index (χ0) is 20.0. The van der Waals surface area contributed by atoms with Gasteiger partial charge in [-0.25, -0.2) is 13.6 Å². The van der Waals surface area contributed by atoms with Crippen LogP contribution in [0.15, 0.2) is 47.4 Å². The van der Waals surface area contributed by atoms with Crippen LogP contribution in [0.3, 0.4) is 0 Å². The van der Waals surface area contributed by atoms with Gasteiger partial charge >= 0.3 is 0 Å². The van der Waals surface area contributed by atoms with Crippen molar-refractivity contribution in [2.45, 2.75) is 25.2 Å². The number of carbonyl (C=O) groups is 1. The van der Waals surface area contributed by atoms with Gasteiger partial charge in [-0.2, -0.15) is 0 Å². The number of primary sulfonamides is 1. The summed E-state index contributed by atoms with van der Waals surface area (Å²) in [7, 11) is -2.34. The monoisotopic (exact) mass is 392 g/mol. The van der Waals surface area contributed by atoms with Gasteiger partial charge in [0.2, 0.25) is 10.0 Å². The molecule has 2 aromatic carbocycles. The van der Waals surface area contributed by atoms with E-state index in [1.165, 1.54) is 25.3 Å². The number of methoxy groups -OCH3 is 1. The summed E-state index contributed by atoms with van der Waals surface area (Å²) in [5.41, 5.74) is 0.673. The molecule has 0 saturated heterocycles. The number of sulfonamides is 1. The fourth-order valence-electron chi connectivity index (χ4n) is 2.29. The Kier molecular flexibility index (Phi) is 6.81. The van der Waals surface area contributed by atoms with E-state index in [9.17, 15) is 13.2 Å². The molecule has 0 unspecified atom stereocenters. The van der Waals surface area contributed by atoms with Crippen molar-refractivity contribution >= 4 is 21.6 Å². The Hall–Kier alpha value is -2.58. The van der Waals surface area contributed by atoms with Crippen molar-refractivity contribution in [3.63, 3.8) is 0 Å². The van der Waals surface area contributed by atoms with Crippen LogP contribution in [0.1, 0.15) is 30.6 Å². The van der Waals surface area contributed by atoms with E-state index in [-0.39, 0.29) is 4.90 Å². The highest BCUT2D eigenvalue weighted by atomic mass is 32.2. The molecule has 2 rings (SSSR count). The lowest BCUT2D eigenvalue weighted by molar-refractivity contribution is 0.102. The summed E-state index contributed by atoms with van der Waals surface area (Å²) in [6.45, 7) is 4.78. The van der Waals surface area contributed by atoms with Crippen molar-refractivity contribution in [3.8, 4) is 11.5 Å². The predicted molar refractivity (Wildman–Crippen MR) is 104 cm³/mol. The van der Waals surface area contributed by atoms with Gasteiger partial charge in [-0.3, -0.25) is 4.79 Å². The molecule has 0 heterocycles. The third-order valence-corrected chi connectivity index (χ3v) is 4.71. The normalized spacial score (nSPS) is 11.3. The molecule has 146 valence electrons. The van der Waals surface area contributed by atoms with Crippen LogP contribution in [0.2, 0.25) is 0 Å². The van der Waals surface area contributed by atoms with Crippen molar-refractivity contribution in [3.05, 3.63) is 48.0 Å². The first-order chi connectivity index (χ1) is 12.7. The number of nitrogens with two attached hydrogens (primary N) is 1. The van der Waals surface area contributed by atoms with Gasteiger partial charge in [0.05, 0.1) is 18.6 Å². The van der Waals surface area contributed by atoms with Gasteiger partial charge < -0.3 is 14.8 Å². The summed E-state index contributed by atoms with van der Waals surface area (Å²) in [4.78, 5) is 12.4. The zero-order valence-electron chi connectivity index (χ0n) is 15.6. The van der Waals surface area contributed by atoms with E-state index in [1.54, 1.807) is 24.3 Å². The zero-order valence-corrected chi connectivity index (χ0v) is 16.4. The fraction of sp³-hybridized carbons (Fsp3) is 0.316. The molecule has 0 atom stereocenters. The molecule has 7 nitrogen and oxygen atoms in total. The second-order valence-corrected chi connectivity index (χ2v) is 7.99. The maximum Gasteiger partial charge on any atom is 0.255 e. The van der Waals surface area contributed by atoms with Crippen molar-refractivity contribution in [2.75, 3.05) is 19.0 Å². The molecule has 0 radical (unpaired) electrons. The minimum atomic E-state index is -3.84. The van der Waals surface area contributed by atoms with E-state index in [4.69, 9.17) is 14.6 Å². The topological polar surface area (TPSA) is 108 Å². The largest absolute Gasteiger partial charge is 0.493 e. The quantitative estimate of drug-likeness (QED) is 0.718. The smallest absolute Gasteiger partial charge is 0.255 e. The molecular weight excluding hydrogens is 368 g/mol. The SMILES string of the molecule is COc1cc(C(=O)Nc2cccc(S(N)(=O)=O)c2)ccc1OCCC(C)C. The van der Waals surface area contributed by atoms with E-state index in [0.717, 1.165) is 6.42 Å². The first-order valence-electron chi connectivity index (χ1n) is 8.45. The molecule has 1 amide bonds. The number of benzene rings is 2. The molecule has 0 aliphatic carbocycles. The molecule has 0 aliphatic rings. The van der Waals surface area contributed by atoms with Gasteiger partial charge in [0, 0.05) is 11.3 Å². The number of hydrogen-bond acceptors (Lipinski definition) is 5. The molecule has 27 heavy (non-hydrogen) atoms. The highest BCUT2D eigenvalue weighted by molar-refractivity contribution is 7.89. The van der Waals surface area contributed by atoms with Gasteiger partial charge in [0.1, 0.15) is 0 Å². The number of anilines is 1. The number of amides is 1. The second kappa shape index (κ2) is 8.88. The molecule has 8 heteroatoms. The first kappa shape index (κ1) is 20.7. The average molecular weight is 392 g/mol. The number of carbonyl (C=O) groups excluding carboxylic acids is 1. The molecule has 0 aliphatic heterocycles. The molecule has 3 N–H and O–H groups in total. The average Bonchev–Trinajstić information content (AvgIpc) is 2.61. The lowest BCUT2D eigenvalue weighted by atomic mass is 10.1. The van der Waals surface area contributed by atoms with E-state index in [1.807, 2.05) is 0 Å². The van der Waals surface area contributed by atoms with Gasteiger partial charge in [0.15, 0.2) is 11.5 Å². The van der Waals surface area contributed by atoms with Crippen LogP contribution in [0.25, 0.3) is 0 Å². The Morgan fingerprint density at radius 1 is 1.15 bits per heavy atom. The molecule has 0 bridgehead atoms. The van der Waals surface area contributed by atoms with Gasteiger partial charge in [-0.05, 0) is 48.7 Å². The van der Waals surface area contributed by atoms with Crippen molar-refractivity contribution in [1.29, 1.82) is 0 Å². The Bertz CT molecular complexity index is 910. The van der Waals surface area contributed by atoms with Gasteiger partial charge in [0.25, 0.3) is 5.91 Å². The van der Waals surface area contributed by atoms with Crippen LogP contribution in [0.5, 0.6) is 11.5 Å². The van der Waals surface area contributed by atoms with Crippen LogP contribution in [-0.2, 0) is 10.0 Å². The van der Waals surface area contributed by atoms with Crippen LogP contribution in [0, 0.1) is 5.92 Å². The summed E-state index contributed by atoms with van der Waals surface area (Å²) < 4.78 is 33.9. The summed E-state index contributed by atoms with van der Waals surface area (Å²) in [5, 5.41) is 7.75. The molecule has 0 aromatic heterocycles. The number of ether oxygens (including phenoxy) is 2. The molecule has 0 spiro atoms. The lowest BCUT2D eigenvalue weighted by Gasteiger charge is -2.13. The first-order valence-corrected chi connectivity index (χ1v) is 10.0. The number of rotatable bonds is 8. The Labute approximate surface area is 159 Å². The third-order valence-electron chi connectivity index (χ3n) is 3.80. The van der Waals surface area contributed by atoms with E-state index < -0.39 is 15.9 Å². The molecule has 0 fully saturated rings. The minimum absolute atomic E-state index is 0.0771. The van der Waals surface area contributed by atoms with Crippen LogP contribution >= 0.6 is 0 Å². The Balaban J connectivity index is 2.15. The maximum atomic E-state index is 12.5. The lowest BCUT2D eigenvalue weighted by Crippen LogP contribution is -2.15. The molecular formula is C19H24N2O5S. The van der Waals surface area contributed by atoms with E-state index >= 15 is 0 Å². The van der Waals surface area contributed by atoms with E-state index in [0.29, 0.717) is 35.3 Å². The summed E-state index contributed by atoms with van der Waals surface area (Å²) in [6.07, 6.45) is 0.909. The Morgan fingerprint density at radius 3 is 2.52 bits per heavy atom. The van der Waals surface area contributed by atoms with Crippen molar-refractivity contribution in [1.82, 2.24) is 0 Å². The van der Waals surface area contributed by atoms with Crippen molar-refractivity contribution < 1.29 is 22.7 Å². The number of hydrogen-bond donors (Lipinski definition) is 2. The standard InChI is InChI=1S/C19H24N2O5S/c1-13(2)9-10-26-17-8-7-14(11-18(17)25-3)19(22)21-15-5-4-6-16(12-15)27(20,23)24/h4-8,11-13H,9-10H2,1-3H3,(H,21,22)(H2,20,23,24). The predicted octanol–water partition coefficient (Wildman–Crippen LogP) is 3.02. The van der Waals surface area contributed by atoms with Crippen molar-refractivity contribution in [2.24, 2.45) is 11.1 Å². The second-order valence-electron chi connectivity index (χ2n) is 6.42. The third kappa shape index (κ3) is 5.97. The molecule has 2 aromatic rings. The fourth-order valence-corrected chi connectivity index (χ4v) is 2.85. The van der Waals surface area contributed by atoms with Gasteiger partial charge in [-0.15, -0.1) is 0 Å². The summed E-state index contributed by atoms with van der Waals surface area (Å²) >= 11 is 0. The van der Waals surface area contributed by atoms with Crippen LogP contribution in [-0.4, -0.2) is 28.0 Å². The van der Waals surface area contributed by atoms with Gasteiger partial charge in [-0.1, -0.05) is 19.9 Å². The maximum absolute atomic E-state index is 12.5. The van der Waals surface area contributed by atoms with E-state index in [2.05, 4.69) is 19.2 Å². The highest BCUT2D eigenvalue weighted by Crippen LogP contribution is 2.29. The summed E-state index contributed by atoms with van der Waals surface area (Å²) in [6, 6.07) is 10.6. The Morgan fingerprint density at radius 2 is 1.89 bits per heavy atom. The molecule has 0 saturated carbocycles. The van der Waals surface area contributed by atoms with Crippen LogP contribution in [0.4, 0.5) is 5.69 Å².